The molecule has 126 valence electrons. The van der Waals surface area contributed by atoms with Gasteiger partial charge in [0, 0.05) is 6.08 Å². The summed E-state index contributed by atoms with van der Waals surface area (Å²) in [5.74, 6) is -0.104. The number of hydrogen-bond donors (Lipinski definition) is 1. The average molecular weight is 316 g/mol. The zero-order valence-corrected chi connectivity index (χ0v) is 13.9. The number of hydrogen-bond acceptors (Lipinski definition) is 2. The maximum atomic E-state index is 10.4. The molecule has 0 unspecified atom stereocenters. The van der Waals surface area contributed by atoms with Crippen molar-refractivity contribution >= 4 is 12.0 Å². The molecular weight excluding hydrogens is 288 g/mol. The van der Waals surface area contributed by atoms with Crippen molar-refractivity contribution in [1.82, 2.24) is 0 Å². The van der Waals surface area contributed by atoms with Crippen LogP contribution in [0, 0.1) is 0 Å². The molecule has 0 aliphatic rings. The van der Waals surface area contributed by atoms with Crippen LogP contribution in [-0.2, 0) is 4.79 Å². The van der Waals surface area contributed by atoms with Gasteiger partial charge in [-0.15, -0.1) is 6.58 Å². The SMILES string of the molecule is C=CCCCCCCCCCOc1ccc(C=CC(=O)O)cc1. The number of carboxylic acid groups (broad SMARTS) is 1. The molecule has 1 aromatic carbocycles. The summed E-state index contributed by atoms with van der Waals surface area (Å²) in [5, 5.41) is 8.57. The number of rotatable bonds is 13. The Kier molecular flexibility index (Phi) is 10.3. The van der Waals surface area contributed by atoms with E-state index >= 15 is 0 Å². The molecule has 1 aromatic rings. The highest BCUT2D eigenvalue weighted by Crippen LogP contribution is 2.14. The summed E-state index contributed by atoms with van der Waals surface area (Å²) in [6.45, 7) is 4.47. The standard InChI is InChI=1S/C20H28O3/c1-2-3-4-5-6-7-8-9-10-17-23-19-14-11-18(12-15-19)13-16-20(21)22/h2,11-16H,1,3-10,17H2,(H,21,22). The first kappa shape index (κ1) is 19.0. The average Bonchev–Trinajstić information content (AvgIpc) is 2.55. The van der Waals surface area contributed by atoms with Gasteiger partial charge in [0.2, 0.25) is 0 Å². The number of carbonyl (C=O) groups is 1. The zero-order valence-electron chi connectivity index (χ0n) is 13.9. The molecule has 0 saturated heterocycles. The molecule has 1 rings (SSSR count). The normalized spacial score (nSPS) is 10.8. The second kappa shape index (κ2) is 12.5. The van der Waals surface area contributed by atoms with E-state index in [2.05, 4.69) is 6.58 Å². The van der Waals surface area contributed by atoms with E-state index in [1.807, 2.05) is 30.3 Å². The highest BCUT2D eigenvalue weighted by molar-refractivity contribution is 5.85. The fourth-order valence-corrected chi connectivity index (χ4v) is 2.31. The first-order valence-corrected chi connectivity index (χ1v) is 8.47. The van der Waals surface area contributed by atoms with Crippen molar-refractivity contribution < 1.29 is 14.6 Å². The molecule has 1 N–H and O–H groups in total. The summed E-state index contributed by atoms with van der Waals surface area (Å²) in [7, 11) is 0. The second-order valence-electron chi connectivity index (χ2n) is 5.64. The Morgan fingerprint density at radius 1 is 1.00 bits per heavy atom. The van der Waals surface area contributed by atoms with Gasteiger partial charge in [0.15, 0.2) is 0 Å². The highest BCUT2D eigenvalue weighted by Gasteiger charge is 1.96. The highest BCUT2D eigenvalue weighted by atomic mass is 16.5. The van der Waals surface area contributed by atoms with Gasteiger partial charge in [-0.3, -0.25) is 0 Å². The van der Waals surface area contributed by atoms with Crippen LogP contribution in [-0.4, -0.2) is 17.7 Å². The molecule has 0 aromatic heterocycles. The van der Waals surface area contributed by atoms with Crippen LogP contribution < -0.4 is 4.74 Å². The van der Waals surface area contributed by atoms with Crippen LogP contribution in [0.25, 0.3) is 6.08 Å². The Balaban J connectivity index is 2.05. The number of benzene rings is 1. The summed E-state index contributed by atoms with van der Waals surface area (Å²) in [4.78, 5) is 10.4. The summed E-state index contributed by atoms with van der Waals surface area (Å²) in [6.07, 6.45) is 14.6. The zero-order chi connectivity index (χ0) is 16.8. The van der Waals surface area contributed by atoms with Crippen LogP contribution in [0.15, 0.2) is 43.0 Å². The Bertz CT molecular complexity index is 474. The van der Waals surface area contributed by atoms with Crippen LogP contribution in [0.2, 0.25) is 0 Å². The van der Waals surface area contributed by atoms with Gasteiger partial charge in [0.1, 0.15) is 5.75 Å². The van der Waals surface area contributed by atoms with Crippen LogP contribution in [0.3, 0.4) is 0 Å². The van der Waals surface area contributed by atoms with Crippen LogP contribution in [0.4, 0.5) is 0 Å². The third-order valence-corrected chi connectivity index (χ3v) is 3.62. The van der Waals surface area contributed by atoms with Gasteiger partial charge in [0.25, 0.3) is 0 Å². The lowest BCUT2D eigenvalue weighted by molar-refractivity contribution is -0.131. The molecule has 0 aliphatic carbocycles. The summed E-state index contributed by atoms with van der Waals surface area (Å²) < 4.78 is 5.69. The fourth-order valence-electron chi connectivity index (χ4n) is 2.31. The smallest absolute Gasteiger partial charge is 0.328 e. The minimum absolute atomic E-state index is 0.737. The first-order valence-electron chi connectivity index (χ1n) is 8.47. The molecule has 0 bridgehead atoms. The van der Waals surface area contributed by atoms with Gasteiger partial charge in [-0.1, -0.05) is 50.3 Å². The summed E-state index contributed by atoms with van der Waals surface area (Å²) in [6, 6.07) is 7.47. The van der Waals surface area contributed by atoms with Gasteiger partial charge in [-0.05, 0) is 43.0 Å². The molecule has 3 heteroatoms. The van der Waals surface area contributed by atoms with Crippen LogP contribution in [0.1, 0.15) is 56.9 Å². The molecule has 0 aliphatic heterocycles. The summed E-state index contributed by atoms with van der Waals surface area (Å²) >= 11 is 0. The maximum absolute atomic E-state index is 10.4. The summed E-state index contributed by atoms with van der Waals surface area (Å²) in [5.41, 5.74) is 0.858. The van der Waals surface area contributed by atoms with Gasteiger partial charge in [0.05, 0.1) is 6.61 Å². The van der Waals surface area contributed by atoms with E-state index in [1.54, 1.807) is 6.08 Å². The topological polar surface area (TPSA) is 46.5 Å². The predicted molar refractivity (Wildman–Crippen MR) is 95.7 cm³/mol. The molecule has 0 spiro atoms. The molecule has 0 atom stereocenters. The third-order valence-electron chi connectivity index (χ3n) is 3.62. The first-order chi connectivity index (χ1) is 11.2. The minimum Gasteiger partial charge on any atom is -0.494 e. The van der Waals surface area contributed by atoms with Crippen molar-refractivity contribution in [2.45, 2.75) is 51.4 Å². The van der Waals surface area contributed by atoms with E-state index in [1.165, 1.54) is 38.5 Å². The lowest BCUT2D eigenvalue weighted by atomic mass is 10.1. The van der Waals surface area contributed by atoms with Crippen LogP contribution >= 0.6 is 0 Å². The van der Waals surface area contributed by atoms with Crippen molar-refractivity contribution in [1.29, 1.82) is 0 Å². The predicted octanol–water partition coefficient (Wildman–Crippen LogP) is 5.47. The number of carboxylic acids is 1. The number of allylic oxidation sites excluding steroid dienone is 1. The van der Waals surface area contributed by atoms with E-state index in [-0.39, 0.29) is 0 Å². The van der Waals surface area contributed by atoms with Crippen molar-refractivity contribution in [2.24, 2.45) is 0 Å². The van der Waals surface area contributed by atoms with Gasteiger partial charge in [-0.25, -0.2) is 4.79 Å². The fraction of sp³-hybridized carbons (Fsp3) is 0.450. The Hall–Kier alpha value is -2.03. The van der Waals surface area contributed by atoms with Gasteiger partial charge in [-0.2, -0.15) is 0 Å². The lowest BCUT2D eigenvalue weighted by Gasteiger charge is -2.06. The molecule has 0 saturated carbocycles. The van der Waals surface area contributed by atoms with Crippen LogP contribution in [0.5, 0.6) is 5.75 Å². The van der Waals surface area contributed by atoms with Crippen molar-refractivity contribution in [2.75, 3.05) is 6.61 Å². The quantitative estimate of drug-likeness (QED) is 0.298. The maximum Gasteiger partial charge on any atom is 0.328 e. The Labute approximate surface area is 139 Å². The van der Waals surface area contributed by atoms with Gasteiger partial charge < -0.3 is 9.84 Å². The van der Waals surface area contributed by atoms with Crippen molar-refractivity contribution in [3.8, 4) is 5.75 Å². The van der Waals surface area contributed by atoms with E-state index in [9.17, 15) is 4.79 Å². The largest absolute Gasteiger partial charge is 0.494 e. The molecule has 0 amide bonds. The number of unbranched alkanes of at least 4 members (excludes halogenated alkanes) is 7. The molecular formula is C20H28O3. The van der Waals surface area contributed by atoms with E-state index in [0.717, 1.165) is 36.8 Å². The monoisotopic (exact) mass is 316 g/mol. The molecule has 23 heavy (non-hydrogen) atoms. The van der Waals surface area contributed by atoms with Crippen molar-refractivity contribution in [3.05, 3.63) is 48.6 Å². The Morgan fingerprint density at radius 2 is 1.61 bits per heavy atom. The van der Waals surface area contributed by atoms with E-state index < -0.39 is 5.97 Å². The third kappa shape index (κ3) is 10.3. The van der Waals surface area contributed by atoms with Crippen molar-refractivity contribution in [3.63, 3.8) is 0 Å². The molecule has 0 fully saturated rings. The number of aliphatic carboxylic acids is 1. The molecule has 0 radical (unpaired) electrons. The molecule has 3 nitrogen and oxygen atoms in total. The van der Waals surface area contributed by atoms with E-state index in [0.29, 0.717) is 0 Å². The second-order valence-corrected chi connectivity index (χ2v) is 5.64. The van der Waals surface area contributed by atoms with E-state index in [4.69, 9.17) is 9.84 Å². The van der Waals surface area contributed by atoms with Gasteiger partial charge >= 0.3 is 5.97 Å². The molecule has 0 heterocycles. The number of ether oxygens (including phenoxy) is 1. The minimum atomic E-state index is -0.939. The lowest BCUT2D eigenvalue weighted by Crippen LogP contribution is -1.97. The Morgan fingerprint density at radius 3 is 2.22 bits per heavy atom.